The Balaban J connectivity index is 1.89. The van der Waals surface area contributed by atoms with Crippen molar-refractivity contribution in [3.05, 3.63) is 121 Å². The van der Waals surface area contributed by atoms with Gasteiger partial charge in [0.25, 0.3) is 5.69 Å². The van der Waals surface area contributed by atoms with Crippen LogP contribution in [0.1, 0.15) is 28.3 Å². The van der Waals surface area contributed by atoms with Gasteiger partial charge in [0.05, 0.1) is 27.5 Å². The summed E-state index contributed by atoms with van der Waals surface area (Å²) in [5, 5.41) is 13.3. The minimum Gasteiger partial charge on any atom is -0.464 e. The van der Waals surface area contributed by atoms with Crippen molar-refractivity contribution in [3.8, 4) is 0 Å². The molecule has 0 aliphatic heterocycles. The lowest BCUT2D eigenvalue weighted by atomic mass is 9.83. The van der Waals surface area contributed by atoms with Crippen LogP contribution in [-0.4, -0.2) is 9.91 Å². The number of rotatable bonds is 4. The fourth-order valence-electron chi connectivity index (χ4n) is 4.35. The number of aryl methyl sites for hydroxylation is 1. The molecule has 1 N–H and O–H groups in total. The fraction of sp³-hybridized carbons (Fsp3) is 0.0800. The fourth-order valence-corrected chi connectivity index (χ4v) is 4.47. The van der Waals surface area contributed by atoms with Crippen LogP contribution in [0.15, 0.2) is 82.2 Å². The zero-order chi connectivity index (χ0) is 22.4. The first-order valence-corrected chi connectivity index (χ1v) is 10.3. The smallest absolute Gasteiger partial charge is 0.279 e. The Hall–Kier alpha value is -3.90. The van der Waals surface area contributed by atoms with Crippen molar-refractivity contribution < 1.29 is 9.34 Å². The number of hydrogen-bond donors (Lipinski definition) is 1. The van der Waals surface area contributed by atoms with Gasteiger partial charge in [-0.25, -0.2) is 0 Å². The number of fused-ring (bicyclic) bond motifs is 2. The Morgan fingerprint density at radius 3 is 2.53 bits per heavy atom. The minimum atomic E-state index is -0.594. The Kier molecular flexibility index (Phi) is 4.79. The Morgan fingerprint density at radius 1 is 1.03 bits per heavy atom. The number of para-hydroxylation sites is 1. The SMILES string of the molecule is Cc1[nH]c2cccc([N+](=O)[O-])c2c1C(c1ccc(Cl)cc1)c1coc2ccccc2c1=O. The molecule has 2 aromatic heterocycles. The van der Waals surface area contributed by atoms with Crippen LogP contribution >= 0.6 is 11.6 Å². The third-order valence-electron chi connectivity index (χ3n) is 5.74. The number of benzene rings is 3. The zero-order valence-corrected chi connectivity index (χ0v) is 17.7. The Labute approximate surface area is 187 Å². The van der Waals surface area contributed by atoms with E-state index in [0.29, 0.717) is 38.0 Å². The van der Waals surface area contributed by atoms with Crippen molar-refractivity contribution in [1.82, 2.24) is 4.98 Å². The summed E-state index contributed by atoms with van der Waals surface area (Å²) >= 11 is 6.11. The van der Waals surface area contributed by atoms with Crippen LogP contribution in [-0.2, 0) is 0 Å². The summed E-state index contributed by atoms with van der Waals surface area (Å²) in [5.41, 5.74) is 3.49. The highest BCUT2D eigenvalue weighted by Crippen LogP contribution is 2.41. The number of halogens is 1. The number of nitrogens with one attached hydrogen (secondary N) is 1. The third-order valence-corrected chi connectivity index (χ3v) is 6.00. The molecular formula is C25H17ClN2O4. The molecule has 0 saturated heterocycles. The van der Waals surface area contributed by atoms with Gasteiger partial charge < -0.3 is 9.40 Å². The van der Waals surface area contributed by atoms with E-state index in [1.165, 1.54) is 12.3 Å². The van der Waals surface area contributed by atoms with Gasteiger partial charge in [0.2, 0.25) is 0 Å². The molecule has 0 spiro atoms. The van der Waals surface area contributed by atoms with E-state index >= 15 is 0 Å². The number of non-ortho nitro benzene ring substituents is 1. The van der Waals surface area contributed by atoms with Gasteiger partial charge in [-0.1, -0.05) is 41.9 Å². The van der Waals surface area contributed by atoms with Gasteiger partial charge in [0.1, 0.15) is 5.58 Å². The highest BCUT2D eigenvalue weighted by molar-refractivity contribution is 6.30. The van der Waals surface area contributed by atoms with E-state index in [4.69, 9.17) is 16.0 Å². The monoisotopic (exact) mass is 444 g/mol. The van der Waals surface area contributed by atoms with Crippen molar-refractivity contribution in [1.29, 1.82) is 0 Å². The lowest BCUT2D eigenvalue weighted by molar-refractivity contribution is -0.383. The van der Waals surface area contributed by atoms with Crippen molar-refractivity contribution in [2.24, 2.45) is 0 Å². The molecule has 0 amide bonds. The summed E-state index contributed by atoms with van der Waals surface area (Å²) < 4.78 is 5.81. The summed E-state index contributed by atoms with van der Waals surface area (Å²) in [5.74, 6) is -0.594. The highest BCUT2D eigenvalue weighted by Gasteiger charge is 2.30. The van der Waals surface area contributed by atoms with Gasteiger partial charge in [-0.05, 0) is 48.4 Å². The van der Waals surface area contributed by atoms with Crippen LogP contribution in [0.2, 0.25) is 5.02 Å². The minimum absolute atomic E-state index is 0.0222. The van der Waals surface area contributed by atoms with E-state index in [9.17, 15) is 14.9 Å². The number of nitro groups is 1. The molecule has 0 fully saturated rings. The molecule has 0 saturated carbocycles. The molecule has 6 nitrogen and oxygen atoms in total. The second-order valence-corrected chi connectivity index (χ2v) is 8.06. The largest absolute Gasteiger partial charge is 0.464 e. The highest BCUT2D eigenvalue weighted by atomic mass is 35.5. The van der Waals surface area contributed by atoms with Crippen LogP contribution in [0.4, 0.5) is 5.69 Å². The van der Waals surface area contributed by atoms with Crippen LogP contribution in [0.5, 0.6) is 0 Å². The molecule has 7 heteroatoms. The van der Waals surface area contributed by atoms with E-state index < -0.39 is 10.8 Å². The molecule has 5 aromatic rings. The van der Waals surface area contributed by atoms with Crippen molar-refractivity contribution >= 4 is 39.2 Å². The molecule has 2 heterocycles. The van der Waals surface area contributed by atoms with E-state index in [0.717, 1.165) is 11.3 Å². The van der Waals surface area contributed by atoms with Crippen LogP contribution in [0.3, 0.4) is 0 Å². The normalized spacial score (nSPS) is 12.3. The maximum Gasteiger partial charge on any atom is 0.279 e. The van der Waals surface area contributed by atoms with Gasteiger partial charge >= 0.3 is 0 Å². The molecule has 1 atom stereocenters. The molecular weight excluding hydrogens is 428 g/mol. The van der Waals surface area contributed by atoms with Gasteiger partial charge in [0.15, 0.2) is 5.43 Å². The van der Waals surface area contributed by atoms with Gasteiger partial charge in [0, 0.05) is 28.3 Å². The first-order chi connectivity index (χ1) is 15.5. The van der Waals surface area contributed by atoms with E-state index in [1.807, 2.05) is 19.1 Å². The average molecular weight is 445 g/mol. The number of H-pyrrole nitrogens is 1. The Morgan fingerprint density at radius 2 is 1.78 bits per heavy atom. The average Bonchev–Trinajstić information content (AvgIpc) is 3.12. The summed E-state index contributed by atoms with van der Waals surface area (Å²) in [4.78, 5) is 28.2. The molecule has 3 aromatic carbocycles. The second-order valence-electron chi connectivity index (χ2n) is 7.62. The maximum absolute atomic E-state index is 13.5. The lowest BCUT2D eigenvalue weighted by Crippen LogP contribution is -2.16. The molecule has 5 rings (SSSR count). The zero-order valence-electron chi connectivity index (χ0n) is 17.0. The van der Waals surface area contributed by atoms with E-state index in [1.54, 1.807) is 48.5 Å². The topological polar surface area (TPSA) is 89.1 Å². The summed E-state index contributed by atoms with van der Waals surface area (Å²) in [6.07, 6.45) is 1.46. The second kappa shape index (κ2) is 7.66. The van der Waals surface area contributed by atoms with Gasteiger partial charge in [-0.15, -0.1) is 0 Å². The predicted octanol–water partition coefficient (Wildman–Crippen LogP) is 6.32. The van der Waals surface area contributed by atoms with Crippen LogP contribution in [0.25, 0.3) is 21.9 Å². The number of hydrogen-bond acceptors (Lipinski definition) is 4. The van der Waals surface area contributed by atoms with Crippen LogP contribution < -0.4 is 5.43 Å². The molecule has 32 heavy (non-hydrogen) atoms. The maximum atomic E-state index is 13.5. The molecule has 158 valence electrons. The van der Waals surface area contributed by atoms with Crippen molar-refractivity contribution in [2.45, 2.75) is 12.8 Å². The quantitative estimate of drug-likeness (QED) is 0.259. The number of aromatic amines is 1. The van der Waals surface area contributed by atoms with Gasteiger partial charge in [-0.3, -0.25) is 14.9 Å². The first-order valence-electron chi connectivity index (χ1n) is 9.97. The molecule has 0 radical (unpaired) electrons. The Bertz CT molecular complexity index is 1550. The first kappa shape index (κ1) is 20.0. The van der Waals surface area contributed by atoms with Gasteiger partial charge in [-0.2, -0.15) is 0 Å². The number of nitro benzene ring substituents is 1. The predicted molar refractivity (Wildman–Crippen MR) is 125 cm³/mol. The standard InChI is InChI=1S/C25H17ClN2O4/c1-14-22(24-19(27-14)6-4-7-20(24)28(30)31)23(15-9-11-16(26)12-10-15)18-13-32-21-8-3-2-5-17(21)25(18)29/h2-13,23,27H,1H3. The van der Waals surface area contributed by atoms with Crippen LogP contribution in [0, 0.1) is 17.0 Å². The molecule has 0 bridgehead atoms. The van der Waals surface area contributed by atoms with Crippen molar-refractivity contribution in [2.75, 3.05) is 0 Å². The van der Waals surface area contributed by atoms with E-state index in [2.05, 4.69) is 4.98 Å². The summed E-state index contributed by atoms with van der Waals surface area (Å²) in [7, 11) is 0. The molecule has 1 unspecified atom stereocenters. The number of nitrogens with zero attached hydrogens (tertiary/aromatic N) is 1. The molecule has 0 aliphatic carbocycles. The summed E-state index contributed by atoms with van der Waals surface area (Å²) in [6, 6.07) is 19.1. The number of aromatic nitrogens is 1. The van der Waals surface area contributed by atoms with E-state index in [-0.39, 0.29) is 11.1 Å². The summed E-state index contributed by atoms with van der Waals surface area (Å²) in [6.45, 7) is 1.85. The third kappa shape index (κ3) is 3.16. The van der Waals surface area contributed by atoms with Crippen molar-refractivity contribution in [3.63, 3.8) is 0 Å². The lowest BCUT2D eigenvalue weighted by Gasteiger charge is -2.19. The molecule has 0 aliphatic rings.